The molecule has 0 aliphatic carbocycles. The van der Waals surface area contributed by atoms with Crippen LogP contribution in [0.2, 0.25) is 0 Å². The van der Waals surface area contributed by atoms with Crippen molar-refractivity contribution in [3.63, 3.8) is 0 Å². The van der Waals surface area contributed by atoms with Crippen molar-refractivity contribution in [1.29, 1.82) is 0 Å². The lowest BCUT2D eigenvalue weighted by atomic mass is 10.1. The predicted molar refractivity (Wildman–Crippen MR) is 49.5 cm³/mol. The van der Waals surface area contributed by atoms with Gasteiger partial charge in [-0.3, -0.25) is 9.59 Å². The number of ether oxygens (including phenoxy) is 2. The Bertz CT molecular complexity index is 224. The summed E-state index contributed by atoms with van der Waals surface area (Å²) < 4.78 is 9.81. The second kappa shape index (κ2) is 4.98. The fraction of sp³-hybridized carbons (Fsp3) is 0.800. The molecule has 0 aromatic carbocycles. The van der Waals surface area contributed by atoms with Gasteiger partial charge in [0.15, 0.2) is 0 Å². The first kappa shape index (κ1) is 11.0. The molecule has 4 nitrogen and oxygen atoms in total. The average molecular weight is 200 g/mol. The van der Waals surface area contributed by atoms with Gasteiger partial charge in [-0.2, -0.15) is 0 Å². The van der Waals surface area contributed by atoms with Crippen LogP contribution in [0.3, 0.4) is 0 Å². The number of carbonyl (C=O) groups excluding carboxylic acids is 2. The van der Waals surface area contributed by atoms with E-state index in [2.05, 4.69) is 0 Å². The standard InChI is InChI=1S/C10H16O4/c1-3-7(2)10(12)14-6-8-4-9(11)13-5-8/h7-8H,3-6H2,1-2H3. The highest BCUT2D eigenvalue weighted by atomic mass is 16.6. The van der Waals surface area contributed by atoms with Crippen molar-refractivity contribution in [2.24, 2.45) is 11.8 Å². The van der Waals surface area contributed by atoms with Gasteiger partial charge in [0.25, 0.3) is 0 Å². The summed E-state index contributed by atoms with van der Waals surface area (Å²) in [5.41, 5.74) is 0. The van der Waals surface area contributed by atoms with Gasteiger partial charge < -0.3 is 9.47 Å². The van der Waals surface area contributed by atoms with Gasteiger partial charge in [0.2, 0.25) is 0 Å². The Hall–Kier alpha value is -1.06. The number of esters is 2. The number of rotatable bonds is 4. The fourth-order valence-corrected chi connectivity index (χ4v) is 1.18. The molecule has 1 heterocycles. The quantitative estimate of drug-likeness (QED) is 0.638. The third kappa shape index (κ3) is 3.01. The SMILES string of the molecule is CCC(C)C(=O)OCC1COC(=O)C1. The molecular formula is C10H16O4. The van der Waals surface area contributed by atoms with Crippen molar-refractivity contribution in [2.75, 3.05) is 13.2 Å². The summed E-state index contributed by atoms with van der Waals surface area (Å²) >= 11 is 0. The molecule has 1 fully saturated rings. The topological polar surface area (TPSA) is 52.6 Å². The Balaban J connectivity index is 2.20. The molecule has 1 aliphatic rings. The van der Waals surface area contributed by atoms with E-state index in [9.17, 15) is 9.59 Å². The van der Waals surface area contributed by atoms with Gasteiger partial charge in [0, 0.05) is 5.92 Å². The summed E-state index contributed by atoms with van der Waals surface area (Å²) in [6.07, 6.45) is 1.15. The zero-order valence-corrected chi connectivity index (χ0v) is 8.62. The zero-order valence-electron chi connectivity index (χ0n) is 8.62. The molecule has 0 amide bonds. The van der Waals surface area contributed by atoms with Crippen LogP contribution in [0, 0.1) is 11.8 Å². The van der Waals surface area contributed by atoms with Crippen molar-refractivity contribution in [2.45, 2.75) is 26.7 Å². The van der Waals surface area contributed by atoms with Crippen LogP contribution in [0.15, 0.2) is 0 Å². The molecule has 1 aliphatic heterocycles. The normalized spacial score (nSPS) is 23.0. The van der Waals surface area contributed by atoms with Crippen LogP contribution in [0.1, 0.15) is 26.7 Å². The van der Waals surface area contributed by atoms with Crippen LogP contribution in [0.4, 0.5) is 0 Å². The number of hydrogen-bond donors (Lipinski definition) is 0. The maximum atomic E-state index is 11.3. The molecule has 2 unspecified atom stereocenters. The van der Waals surface area contributed by atoms with E-state index in [-0.39, 0.29) is 23.8 Å². The number of hydrogen-bond acceptors (Lipinski definition) is 4. The summed E-state index contributed by atoms with van der Waals surface area (Å²) in [6, 6.07) is 0. The van der Waals surface area contributed by atoms with E-state index in [1.807, 2.05) is 13.8 Å². The Kier molecular flexibility index (Phi) is 3.92. The molecule has 0 aromatic rings. The lowest BCUT2D eigenvalue weighted by Crippen LogP contribution is -2.19. The van der Waals surface area contributed by atoms with Crippen molar-refractivity contribution in [3.8, 4) is 0 Å². The fourth-order valence-electron chi connectivity index (χ4n) is 1.18. The van der Waals surface area contributed by atoms with Crippen LogP contribution in [0.5, 0.6) is 0 Å². The van der Waals surface area contributed by atoms with Crippen LogP contribution in [0.25, 0.3) is 0 Å². The first-order valence-corrected chi connectivity index (χ1v) is 4.95. The van der Waals surface area contributed by atoms with E-state index < -0.39 is 0 Å². The minimum Gasteiger partial charge on any atom is -0.465 e. The Morgan fingerprint density at radius 1 is 1.71 bits per heavy atom. The first-order chi connectivity index (χ1) is 6.63. The van der Waals surface area contributed by atoms with Crippen LogP contribution < -0.4 is 0 Å². The first-order valence-electron chi connectivity index (χ1n) is 4.95. The third-order valence-corrected chi connectivity index (χ3v) is 2.41. The van der Waals surface area contributed by atoms with E-state index in [4.69, 9.17) is 9.47 Å². The maximum absolute atomic E-state index is 11.3. The van der Waals surface area contributed by atoms with Gasteiger partial charge in [0.1, 0.15) is 0 Å². The van der Waals surface area contributed by atoms with E-state index in [0.717, 1.165) is 6.42 Å². The predicted octanol–water partition coefficient (Wildman–Crippen LogP) is 1.14. The summed E-state index contributed by atoms with van der Waals surface area (Å²) in [5.74, 6) is -0.398. The molecule has 0 N–H and O–H groups in total. The lowest BCUT2D eigenvalue weighted by Gasteiger charge is -2.11. The third-order valence-electron chi connectivity index (χ3n) is 2.41. The van der Waals surface area contributed by atoms with Gasteiger partial charge in [-0.05, 0) is 6.42 Å². The van der Waals surface area contributed by atoms with Crippen LogP contribution in [-0.4, -0.2) is 25.2 Å². The minimum absolute atomic E-state index is 0.0514. The van der Waals surface area contributed by atoms with E-state index in [1.54, 1.807) is 0 Å². The molecule has 80 valence electrons. The molecule has 0 spiro atoms. The Morgan fingerprint density at radius 2 is 2.43 bits per heavy atom. The summed E-state index contributed by atoms with van der Waals surface area (Å²) in [4.78, 5) is 22.0. The largest absolute Gasteiger partial charge is 0.465 e. The van der Waals surface area contributed by atoms with Crippen LogP contribution in [-0.2, 0) is 19.1 Å². The van der Waals surface area contributed by atoms with Crippen molar-refractivity contribution in [1.82, 2.24) is 0 Å². The summed E-state index contributed by atoms with van der Waals surface area (Å²) in [6.45, 7) is 4.45. The monoisotopic (exact) mass is 200 g/mol. The highest BCUT2D eigenvalue weighted by Gasteiger charge is 2.25. The number of cyclic esters (lactones) is 1. The molecule has 14 heavy (non-hydrogen) atoms. The van der Waals surface area contributed by atoms with Crippen LogP contribution >= 0.6 is 0 Å². The summed E-state index contributed by atoms with van der Waals surface area (Å²) in [7, 11) is 0. The molecule has 2 atom stereocenters. The molecule has 0 bridgehead atoms. The van der Waals surface area contributed by atoms with E-state index in [0.29, 0.717) is 19.6 Å². The highest BCUT2D eigenvalue weighted by Crippen LogP contribution is 2.15. The van der Waals surface area contributed by atoms with Gasteiger partial charge in [-0.1, -0.05) is 13.8 Å². The second-order valence-electron chi connectivity index (χ2n) is 3.69. The molecule has 0 saturated carbocycles. The lowest BCUT2D eigenvalue weighted by molar-refractivity contribution is -0.149. The minimum atomic E-state index is -0.199. The molecule has 0 radical (unpaired) electrons. The number of carbonyl (C=O) groups is 2. The van der Waals surface area contributed by atoms with Gasteiger partial charge in [0.05, 0.1) is 25.6 Å². The smallest absolute Gasteiger partial charge is 0.308 e. The van der Waals surface area contributed by atoms with E-state index in [1.165, 1.54) is 0 Å². The maximum Gasteiger partial charge on any atom is 0.308 e. The molecule has 1 rings (SSSR count). The van der Waals surface area contributed by atoms with E-state index >= 15 is 0 Å². The molecule has 1 saturated heterocycles. The molecule has 0 aromatic heterocycles. The highest BCUT2D eigenvalue weighted by molar-refractivity contribution is 5.73. The van der Waals surface area contributed by atoms with Crippen molar-refractivity contribution in [3.05, 3.63) is 0 Å². The van der Waals surface area contributed by atoms with Gasteiger partial charge in [-0.25, -0.2) is 0 Å². The molecule has 4 heteroatoms. The zero-order chi connectivity index (χ0) is 10.6. The molecular weight excluding hydrogens is 184 g/mol. The second-order valence-corrected chi connectivity index (χ2v) is 3.69. The van der Waals surface area contributed by atoms with Crippen molar-refractivity contribution < 1.29 is 19.1 Å². The van der Waals surface area contributed by atoms with Gasteiger partial charge in [-0.15, -0.1) is 0 Å². The average Bonchev–Trinajstić information content (AvgIpc) is 2.59. The Labute approximate surface area is 83.6 Å². The Morgan fingerprint density at radius 3 is 2.93 bits per heavy atom. The summed E-state index contributed by atoms with van der Waals surface area (Å²) in [5, 5.41) is 0. The van der Waals surface area contributed by atoms with Crippen molar-refractivity contribution >= 4 is 11.9 Å². The van der Waals surface area contributed by atoms with Gasteiger partial charge >= 0.3 is 11.9 Å².